The van der Waals surface area contributed by atoms with E-state index < -0.39 is 0 Å². The second-order valence-corrected chi connectivity index (χ2v) is 5.96. The normalized spacial score (nSPS) is 25.6. The summed E-state index contributed by atoms with van der Waals surface area (Å²) in [5, 5.41) is 3.49. The Labute approximate surface area is 113 Å². The van der Waals surface area contributed by atoms with Crippen molar-refractivity contribution in [1.82, 2.24) is 15.2 Å². The number of nitrogens with zero attached hydrogens (tertiary/aromatic N) is 2. The minimum atomic E-state index is 0. The van der Waals surface area contributed by atoms with Crippen LogP contribution in [0.5, 0.6) is 0 Å². The first-order chi connectivity index (χ1) is 7.83. The lowest BCUT2D eigenvalue weighted by Crippen LogP contribution is -2.48. The van der Waals surface area contributed by atoms with Crippen LogP contribution in [0, 0.1) is 0 Å². The van der Waals surface area contributed by atoms with Crippen LogP contribution in [0.1, 0.15) is 36.3 Å². The summed E-state index contributed by atoms with van der Waals surface area (Å²) in [5.41, 5.74) is 3.42. The van der Waals surface area contributed by atoms with Gasteiger partial charge in [0, 0.05) is 43.0 Å². The largest absolute Gasteiger partial charge is 0.312 e. The van der Waals surface area contributed by atoms with Crippen molar-refractivity contribution < 1.29 is 0 Å². The van der Waals surface area contributed by atoms with Crippen molar-refractivity contribution in [2.75, 3.05) is 19.6 Å². The zero-order valence-electron chi connectivity index (χ0n) is 10.2. The minimum absolute atomic E-state index is 0. The predicted molar refractivity (Wildman–Crippen MR) is 74.1 cm³/mol. The zero-order valence-corrected chi connectivity index (χ0v) is 11.8. The molecule has 1 saturated carbocycles. The molecule has 0 amide bonds. The molecule has 3 rings (SSSR count). The highest BCUT2D eigenvalue weighted by atomic mass is 35.5. The molecule has 1 saturated heterocycles. The summed E-state index contributed by atoms with van der Waals surface area (Å²) < 4.78 is 0. The van der Waals surface area contributed by atoms with Gasteiger partial charge in [0.25, 0.3) is 0 Å². The molecule has 1 N–H and O–H groups in total. The maximum atomic E-state index is 4.54. The van der Waals surface area contributed by atoms with Gasteiger partial charge in [-0.3, -0.25) is 4.90 Å². The molecule has 2 aliphatic rings. The van der Waals surface area contributed by atoms with Crippen LogP contribution in [0.3, 0.4) is 0 Å². The molecular weight excluding hydrogens is 254 g/mol. The van der Waals surface area contributed by atoms with Gasteiger partial charge >= 0.3 is 0 Å². The Morgan fingerprint density at radius 3 is 3.06 bits per heavy atom. The molecule has 0 unspecified atom stereocenters. The lowest BCUT2D eigenvalue weighted by atomic mass is 10.2. The van der Waals surface area contributed by atoms with Gasteiger partial charge in [-0.2, -0.15) is 0 Å². The Morgan fingerprint density at radius 1 is 1.53 bits per heavy atom. The van der Waals surface area contributed by atoms with E-state index in [0.29, 0.717) is 6.04 Å². The predicted octanol–water partition coefficient (Wildman–Crippen LogP) is 2.24. The number of aromatic nitrogens is 1. The minimum Gasteiger partial charge on any atom is -0.312 e. The molecule has 0 aromatic carbocycles. The first-order valence-corrected chi connectivity index (χ1v) is 7.09. The van der Waals surface area contributed by atoms with Gasteiger partial charge < -0.3 is 5.32 Å². The molecule has 3 nitrogen and oxygen atoms in total. The lowest BCUT2D eigenvalue weighted by molar-refractivity contribution is 0.200. The first-order valence-electron chi connectivity index (χ1n) is 6.21. The maximum Gasteiger partial charge on any atom is 0.0798 e. The van der Waals surface area contributed by atoms with Crippen molar-refractivity contribution in [3.05, 3.63) is 16.1 Å². The standard InChI is InChI=1S/C12H19N3S.ClH/c1-9-6-15(5-4-13-9)7-11-12(10-2-3-10)14-8-16-11;/h8-10,13H,2-7H2,1H3;1H/t9-;/m0./s1. The Hall–Kier alpha value is -0.160. The van der Waals surface area contributed by atoms with E-state index in [1.165, 1.54) is 36.5 Å². The van der Waals surface area contributed by atoms with E-state index >= 15 is 0 Å². The third-order valence-corrected chi connectivity index (χ3v) is 4.29. The van der Waals surface area contributed by atoms with Crippen LogP contribution in [0.25, 0.3) is 0 Å². The number of thiazole rings is 1. The van der Waals surface area contributed by atoms with Gasteiger partial charge in [0.05, 0.1) is 11.2 Å². The fraction of sp³-hybridized carbons (Fsp3) is 0.750. The molecular formula is C12H20ClN3S. The van der Waals surface area contributed by atoms with E-state index in [-0.39, 0.29) is 12.4 Å². The van der Waals surface area contributed by atoms with Crippen LogP contribution < -0.4 is 5.32 Å². The van der Waals surface area contributed by atoms with Crippen molar-refractivity contribution in [3.8, 4) is 0 Å². The second kappa shape index (κ2) is 5.65. The fourth-order valence-electron chi connectivity index (χ4n) is 2.45. The molecule has 96 valence electrons. The molecule has 1 atom stereocenters. The Bertz CT molecular complexity index is 364. The van der Waals surface area contributed by atoms with Crippen LogP contribution in [-0.4, -0.2) is 35.6 Å². The Kier molecular flexibility index (Phi) is 4.42. The highest BCUT2D eigenvalue weighted by Crippen LogP contribution is 2.42. The number of hydrogen-bond donors (Lipinski definition) is 1. The summed E-state index contributed by atoms with van der Waals surface area (Å²) in [6, 6.07) is 0.631. The molecule has 1 aliphatic heterocycles. The molecule has 0 spiro atoms. The average molecular weight is 274 g/mol. The molecule has 5 heteroatoms. The molecule has 2 fully saturated rings. The summed E-state index contributed by atoms with van der Waals surface area (Å²) in [6.07, 6.45) is 2.71. The van der Waals surface area contributed by atoms with Crippen molar-refractivity contribution in [3.63, 3.8) is 0 Å². The van der Waals surface area contributed by atoms with E-state index in [0.717, 1.165) is 19.0 Å². The molecule has 17 heavy (non-hydrogen) atoms. The number of nitrogens with one attached hydrogen (secondary N) is 1. The van der Waals surface area contributed by atoms with Crippen LogP contribution in [-0.2, 0) is 6.54 Å². The summed E-state index contributed by atoms with van der Waals surface area (Å²) in [6.45, 7) is 6.84. The van der Waals surface area contributed by atoms with Gasteiger partial charge in [0.1, 0.15) is 0 Å². The Balaban J connectivity index is 0.00000108. The van der Waals surface area contributed by atoms with Gasteiger partial charge in [-0.1, -0.05) is 0 Å². The molecule has 1 aliphatic carbocycles. The summed E-state index contributed by atoms with van der Waals surface area (Å²) in [5.74, 6) is 0.793. The van der Waals surface area contributed by atoms with Crippen LogP contribution in [0.2, 0.25) is 0 Å². The molecule has 0 radical (unpaired) electrons. The van der Waals surface area contributed by atoms with Gasteiger partial charge in [0.2, 0.25) is 0 Å². The Morgan fingerprint density at radius 2 is 2.35 bits per heavy atom. The SMILES string of the molecule is C[C@H]1CN(Cc2scnc2C2CC2)CCN1.Cl. The van der Waals surface area contributed by atoms with Gasteiger partial charge in [-0.15, -0.1) is 23.7 Å². The van der Waals surface area contributed by atoms with E-state index in [2.05, 4.69) is 22.1 Å². The number of hydrogen-bond acceptors (Lipinski definition) is 4. The summed E-state index contributed by atoms with van der Waals surface area (Å²) in [7, 11) is 0. The molecule has 0 bridgehead atoms. The molecule has 1 aromatic heterocycles. The quantitative estimate of drug-likeness (QED) is 0.916. The smallest absolute Gasteiger partial charge is 0.0798 e. The third kappa shape index (κ3) is 3.19. The third-order valence-electron chi connectivity index (χ3n) is 3.46. The highest BCUT2D eigenvalue weighted by molar-refractivity contribution is 7.09. The number of piperazine rings is 1. The van der Waals surface area contributed by atoms with Crippen molar-refractivity contribution >= 4 is 23.7 Å². The number of halogens is 1. The van der Waals surface area contributed by atoms with E-state index in [9.17, 15) is 0 Å². The summed E-state index contributed by atoms with van der Waals surface area (Å²) >= 11 is 1.84. The maximum absolute atomic E-state index is 4.54. The van der Waals surface area contributed by atoms with E-state index in [1.807, 2.05) is 16.8 Å². The molecule has 1 aromatic rings. The summed E-state index contributed by atoms with van der Waals surface area (Å²) in [4.78, 5) is 8.61. The zero-order chi connectivity index (χ0) is 11.0. The first kappa shape index (κ1) is 13.3. The monoisotopic (exact) mass is 273 g/mol. The van der Waals surface area contributed by atoms with Gasteiger partial charge in [0.15, 0.2) is 0 Å². The van der Waals surface area contributed by atoms with Crippen LogP contribution in [0.15, 0.2) is 5.51 Å². The lowest BCUT2D eigenvalue weighted by Gasteiger charge is -2.31. The van der Waals surface area contributed by atoms with Crippen LogP contribution in [0.4, 0.5) is 0 Å². The van der Waals surface area contributed by atoms with Crippen molar-refractivity contribution in [2.24, 2.45) is 0 Å². The van der Waals surface area contributed by atoms with Crippen molar-refractivity contribution in [2.45, 2.75) is 38.3 Å². The molecule has 2 heterocycles. The average Bonchev–Trinajstić information content (AvgIpc) is 3.00. The second-order valence-electron chi connectivity index (χ2n) is 5.03. The fourth-order valence-corrected chi connectivity index (χ4v) is 3.34. The van der Waals surface area contributed by atoms with Crippen molar-refractivity contribution in [1.29, 1.82) is 0 Å². The highest BCUT2D eigenvalue weighted by Gasteiger charge is 2.29. The van der Waals surface area contributed by atoms with E-state index in [1.54, 1.807) is 0 Å². The van der Waals surface area contributed by atoms with Crippen LogP contribution >= 0.6 is 23.7 Å². The number of rotatable bonds is 3. The van der Waals surface area contributed by atoms with Gasteiger partial charge in [-0.25, -0.2) is 4.98 Å². The topological polar surface area (TPSA) is 28.2 Å². The van der Waals surface area contributed by atoms with Gasteiger partial charge in [-0.05, 0) is 19.8 Å². The van der Waals surface area contributed by atoms with E-state index in [4.69, 9.17) is 0 Å².